The lowest BCUT2D eigenvalue weighted by Crippen LogP contribution is -2.22. The van der Waals surface area contributed by atoms with Crippen molar-refractivity contribution < 1.29 is 4.74 Å². The zero-order valence-corrected chi connectivity index (χ0v) is 7.84. The van der Waals surface area contributed by atoms with Gasteiger partial charge < -0.3 is 9.64 Å². The predicted molar refractivity (Wildman–Crippen MR) is 46.7 cm³/mol. The Kier molecular flexibility index (Phi) is 3.34. The zero-order chi connectivity index (χ0) is 8.27. The molecule has 11 heavy (non-hydrogen) atoms. The number of likely N-dealkylation sites (tertiary alicyclic amines) is 1. The molecular formula is C9H19NO. The molecule has 1 aliphatic rings. The van der Waals surface area contributed by atoms with Crippen LogP contribution in [0.15, 0.2) is 0 Å². The molecule has 66 valence electrons. The fraction of sp³-hybridized carbons (Fsp3) is 1.00. The first-order valence-electron chi connectivity index (χ1n) is 4.56. The number of hydrogen-bond donors (Lipinski definition) is 0. The lowest BCUT2D eigenvalue weighted by molar-refractivity contribution is 0.0613. The first kappa shape index (κ1) is 9.01. The van der Waals surface area contributed by atoms with Crippen LogP contribution in [0, 0.1) is 0 Å². The Morgan fingerprint density at radius 1 is 1.55 bits per heavy atom. The molecule has 1 fully saturated rings. The van der Waals surface area contributed by atoms with Gasteiger partial charge in [0.25, 0.3) is 0 Å². The molecule has 0 aromatic carbocycles. The molecule has 2 atom stereocenters. The number of hydrogen-bond acceptors (Lipinski definition) is 2. The van der Waals surface area contributed by atoms with Crippen LogP contribution in [0.1, 0.15) is 26.7 Å². The van der Waals surface area contributed by atoms with Gasteiger partial charge in [-0.05, 0) is 26.8 Å². The van der Waals surface area contributed by atoms with Crippen LogP contribution in [0.3, 0.4) is 0 Å². The van der Waals surface area contributed by atoms with Crippen LogP contribution in [0.5, 0.6) is 0 Å². The SMILES string of the molecule is CCCO[C@H]1C[C@@H](C)N(C)C1. The second kappa shape index (κ2) is 4.07. The first-order valence-corrected chi connectivity index (χ1v) is 4.56. The van der Waals surface area contributed by atoms with Gasteiger partial charge in [-0.2, -0.15) is 0 Å². The van der Waals surface area contributed by atoms with Gasteiger partial charge in [0.05, 0.1) is 6.10 Å². The van der Waals surface area contributed by atoms with E-state index in [9.17, 15) is 0 Å². The summed E-state index contributed by atoms with van der Waals surface area (Å²) in [6, 6.07) is 0.705. The van der Waals surface area contributed by atoms with Crippen LogP contribution < -0.4 is 0 Å². The molecule has 0 saturated carbocycles. The Balaban J connectivity index is 2.18. The van der Waals surface area contributed by atoms with Crippen LogP contribution in [-0.4, -0.2) is 37.2 Å². The highest BCUT2D eigenvalue weighted by Gasteiger charge is 2.25. The maximum Gasteiger partial charge on any atom is 0.0716 e. The van der Waals surface area contributed by atoms with Crippen molar-refractivity contribution in [1.29, 1.82) is 0 Å². The fourth-order valence-electron chi connectivity index (χ4n) is 1.54. The molecule has 0 unspecified atom stereocenters. The van der Waals surface area contributed by atoms with Gasteiger partial charge in [-0.1, -0.05) is 6.92 Å². The van der Waals surface area contributed by atoms with Crippen molar-refractivity contribution in [2.75, 3.05) is 20.2 Å². The van der Waals surface area contributed by atoms with E-state index in [1.54, 1.807) is 0 Å². The van der Waals surface area contributed by atoms with Crippen LogP contribution in [-0.2, 0) is 4.74 Å². The third-order valence-electron chi connectivity index (χ3n) is 2.41. The molecule has 0 aromatic heterocycles. The van der Waals surface area contributed by atoms with Crippen LogP contribution >= 0.6 is 0 Å². The third-order valence-corrected chi connectivity index (χ3v) is 2.41. The maximum atomic E-state index is 5.65. The van der Waals surface area contributed by atoms with Gasteiger partial charge in [-0.3, -0.25) is 0 Å². The van der Waals surface area contributed by atoms with E-state index >= 15 is 0 Å². The Bertz CT molecular complexity index is 106. The van der Waals surface area contributed by atoms with Crippen molar-refractivity contribution in [2.24, 2.45) is 0 Å². The van der Waals surface area contributed by atoms with Crippen molar-refractivity contribution in [1.82, 2.24) is 4.90 Å². The summed E-state index contributed by atoms with van der Waals surface area (Å²) in [5.41, 5.74) is 0. The summed E-state index contributed by atoms with van der Waals surface area (Å²) in [6.45, 7) is 6.45. The van der Waals surface area contributed by atoms with Gasteiger partial charge in [-0.25, -0.2) is 0 Å². The average molecular weight is 157 g/mol. The maximum absolute atomic E-state index is 5.65. The number of rotatable bonds is 3. The van der Waals surface area contributed by atoms with Gasteiger partial charge in [0.15, 0.2) is 0 Å². The molecule has 0 amide bonds. The minimum Gasteiger partial charge on any atom is -0.377 e. The summed E-state index contributed by atoms with van der Waals surface area (Å²) in [7, 11) is 2.17. The first-order chi connectivity index (χ1) is 5.24. The van der Waals surface area contributed by atoms with Crippen molar-refractivity contribution >= 4 is 0 Å². The van der Waals surface area contributed by atoms with E-state index in [1.165, 1.54) is 6.42 Å². The van der Waals surface area contributed by atoms with Crippen molar-refractivity contribution in [3.05, 3.63) is 0 Å². The summed E-state index contributed by atoms with van der Waals surface area (Å²) < 4.78 is 5.65. The number of likely N-dealkylation sites (N-methyl/N-ethyl adjacent to an activating group) is 1. The van der Waals surface area contributed by atoms with E-state index in [1.807, 2.05) is 0 Å². The van der Waals surface area contributed by atoms with Gasteiger partial charge in [0.2, 0.25) is 0 Å². The molecule has 0 spiro atoms. The highest BCUT2D eigenvalue weighted by molar-refractivity contribution is 4.80. The second-order valence-electron chi connectivity index (χ2n) is 3.52. The number of nitrogens with zero attached hydrogens (tertiary/aromatic N) is 1. The molecule has 1 aliphatic heterocycles. The topological polar surface area (TPSA) is 12.5 Å². The summed E-state index contributed by atoms with van der Waals surface area (Å²) >= 11 is 0. The second-order valence-corrected chi connectivity index (χ2v) is 3.52. The van der Waals surface area contributed by atoms with E-state index in [0.717, 1.165) is 19.6 Å². The number of ether oxygens (including phenoxy) is 1. The highest BCUT2D eigenvalue weighted by atomic mass is 16.5. The summed E-state index contributed by atoms with van der Waals surface area (Å²) in [6.07, 6.45) is 2.83. The van der Waals surface area contributed by atoms with Crippen LogP contribution in [0.4, 0.5) is 0 Å². The zero-order valence-electron chi connectivity index (χ0n) is 7.84. The Morgan fingerprint density at radius 3 is 2.73 bits per heavy atom. The Labute approximate surface area is 69.5 Å². The monoisotopic (exact) mass is 157 g/mol. The molecule has 0 bridgehead atoms. The summed E-state index contributed by atoms with van der Waals surface area (Å²) in [5.74, 6) is 0. The minimum absolute atomic E-state index is 0.495. The van der Waals surface area contributed by atoms with Crippen molar-refractivity contribution in [3.8, 4) is 0 Å². The Morgan fingerprint density at radius 2 is 2.27 bits per heavy atom. The lowest BCUT2D eigenvalue weighted by atomic mass is 10.2. The van der Waals surface area contributed by atoms with E-state index in [0.29, 0.717) is 12.1 Å². The lowest BCUT2D eigenvalue weighted by Gasteiger charge is -2.12. The smallest absolute Gasteiger partial charge is 0.0716 e. The van der Waals surface area contributed by atoms with E-state index < -0.39 is 0 Å². The van der Waals surface area contributed by atoms with Crippen LogP contribution in [0.25, 0.3) is 0 Å². The quantitative estimate of drug-likeness (QED) is 0.615. The molecule has 2 heteroatoms. The van der Waals surface area contributed by atoms with E-state index in [2.05, 4.69) is 25.8 Å². The predicted octanol–water partition coefficient (Wildman–Crippen LogP) is 1.51. The molecule has 0 aromatic rings. The third kappa shape index (κ3) is 2.46. The summed E-state index contributed by atoms with van der Waals surface area (Å²) in [4.78, 5) is 2.36. The molecule has 0 radical (unpaired) electrons. The van der Waals surface area contributed by atoms with Gasteiger partial charge in [0.1, 0.15) is 0 Å². The molecule has 1 heterocycles. The van der Waals surface area contributed by atoms with Gasteiger partial charge >= 0.3 is 0 Å². The Hall–Kier alpha value is -0.0800. The molecule has 0 aliphatic carbocycles. The molecule has 2 nitrogen and oxygen atoms in total. The van der Waals surface area contributed by atoms with E-state index in [-0.39, 0.29) is 0 Å². The molecule has 1 rings (SSSR count). The largest absolute Gasteiger partial charge is 0.377 e. The van der Waals surface area contributed by atoms with Gasteiger partial charge in [0, 0.05) is 19.2 Å². The fourth-order valence-corrected chi connectivity index (χ4v) is 1.54. The normalized spacial score (nSPS) is 33.0. The molecule has 0 N–H and O–H groups in total. The highest BCUT2D eigenvalue weighted by Crippen LogP contribution is 2.17. The van der Waals surface area contributed by atoms with Gasteiger partial charge in [-0.15, -0.1) is 0 Å². The molecule has 1 saturated heterocycles. The minimum atomic E-state index is 0.495. The van der Waals surface area contributed by atoms with Crippen LogP contribution in [0.2, 0.25) is 0 Å². The van der Waals surface area contributed by atoms with Crippen molar-refractivity contribution in [2.45, 2.75) is 38.8 Å². The van der Waals surface area contributed by atoms with Crippen molar-refractivity contribution in [3.63, 3.8) is 0 Å². The standard InChI is InChI=1S/C9H19NO/c1-4-5-11-9-6-8(2)10(3)7-9/h8-9H,4-7H2,1-3H3/t8-,9+/m1/s1. The van der Waals surface area contributed by atoms with E-state index in [4.69, 9.17) is 4.74 Å². The summed E-state index contributed by atoms with van der Waals surface area (Å²) in [5, 5.41) is 0. The average Bonchev–Trinajstić information content (AvgIpc) is 2.28. The molecular weight excluding hydrogens is 138 g/mol.